The van der Waals surface area contributed by atoms with Gasteiger partial charge in [-0.25, -0.2) is 4.79 Å². The number of rotatable bonds is 3. The van der Waals surface area contributed by atoms with Crippen LogP contribution in [0.15, 0.2) is 66.9 Å². The van der Waals surface area contributed by atoms with Gasteiger partial charge < -0.3 is 15.0 Å². The van der Waals surface area contributed by atoms with Gasteiger partial charge in [-0.05, 0) is 35.7 Å². The minimum absolute atomic E-state index is 0.0328. The van der Waals surface area contributed by atoms with E-state index in [0.717, 1.165) is 29.9 Å². The molecule has 2 amide bonds. The van der Waals surface area contributed by atoms with E-state index in [4.69, 9.17) is 4.74 Å². The van der Waals surface area contributed by atoms with E-state index in [1.54, 1.807) is 6.20 Å². The molecule has 2 aliphatic rings. The fourth-order valence-electron chi connectivity index (χ4n) is 4.63. The second-order valence-corrected chi connectivity index (χ2v) is 7.74. The smallest absolute Gasteiger partial charge is 0.322 e. The van der Waals surface area contributed by atoms with Crippen LogP contribution in [0.25, 0.3) is 11.3 Å². The zero-order valence-electron chi connectivity index (χ0n) is 16.1. The second-order valence-electron chi connectivity index (χ2n) is 7.74. The highest BCUT2D eigenvalue weighted by molar-refractivity contribution is 5.90. The number of ether oxygens (including phenoxy) is 1. The van der Waals surface area contributed by atoms with Crippen LogP contribution >= 0.6 is 0 Å². The highest BCUT2D eigenvalue weighted by Gasteiger charge is 2.45. The molecule has 2 saturated heterocycles. The van der Waals surface area contributed by atoms with E-state index in [1.165, 1.54) is 5.56 Å². The minimum atomic E-state index is -0.0328. The number of amides is 2. The zero-order chi connectivity index (χ0) is 19.6. The van der Waals surface area contributed by atoms with Gasteiger partial charge in [0.15, 0.2) is 0 Å². The van der Waals surface area contributed by atoms with Gasteiger partial charge >= 0.3 is 6.03 Å². The number of anilines is 1. The lowest BCUT2D eigenvalue weighted by Crippen LogP contribution is -2.43. The van der Waals surface area contributed by atoms with Crippen molar-refractivity contribution in [3.8, 4) is 11.3 Å². The molecule has 5 rings (SSSR count). The van der Waals surface area contributed by atoms with E-state index in [2.05, 4.69) is 39.8 Å². The fourth-order valence-corrected chi connectivity index (χ4v) is 4.63. The molecule has 6 heteroatoms. The monoisotopic (exact) mass is 388 g/mol. The molecular weight excluding hydrogens is 364 g/mol. The van der Waals surface area contributed by atoms with Gasteiger partial charge in [0.25, 0.3) is 0 Å². The first-order valence-electron chi connectivity index (χ1n) is 10.1. The van der Waals surface area contributed by atoms with Crippen LogP contribution in [0, 0.1) is 5.92 Å². The van der Waals surface area contributed by atoms with Crippen molar-refractivity contribution >= 4 is 11.7 Å². The maximum atomic E-state index is 13.1. The summed E-state index contributed by atoms with van der Waals surface area (Å²) in [6, 6.07) is 20.4. The largest absolute Gasteiger partial charge is 0.381 e. The first-order valence-corrected chi connectivity index (χ1v) is 10.1. The van der Waals surface area contributed by atoms with Gasteiger partial charge in [0.05, 0.1) is 12.3 Å². The molecule has 2 fully saturated rings. The third kappa shape index (κ3) is 3.51. The number of hydrogen-bond donors (Lipinski definition) is 2. The summed E-state index contributed by atoms with van der Waals surface area (Å²) in [5.74, 6) is 0.662. The Morgan fingerprint density at radius 3 is 2.69 bits per heavy atom. The van der Waals surface area contributed by atoms with Crippen molar-refractivity contribution in [3.05, 3.63) is 72.4 Å². The van der Waals surface area contributed by atoms with Crippen molar-refractivity contribution in [2.75, 3.05) is 25.1 Å². The van der Waals surface area contributed by atoms with Crippen LogP contribution in [0.1, 0.15) is 17.9 Å². The normalized spacial score (nSPS) is 23.6. The van der Waals surface area contributed by atoms with Crippen LogP contribution in [0.3, 0.4) is 0 Å². The van der Waals surface area contributed by atoms with Crippen molar-refractivity contribution in [3.63, 3.8) is 0 Å². The molecule has 3 unspecified atom stereocenters. The van der Waals surface area contributed by atoms with Gasteiger partial charge in [-0.2, -0.15) is 5.10 Å². The molecular formula is C23H24N4O2. The number of hydrogen-bond acceptors (Lipinski definition) is 3. The summed E-state index contributed by atoms with van der Waals surface area (Å²) in [5, 5.41) is 10.0. The first kappa shape index (κ1) is 17.9. The maximum absolute atomic E-state index is 13.1. The number of fused-ring (bicyclic) bond motifs is 1. The number of H-pyrrole nitrogens is 1. The number of urea groups is 1. The Labute approximate surface area is 169 Å². The highest BCUT2D eigenvalue weighted by atomic mass is 16.5. The minimum Gasteiger partial charge on any atom is -0.381 e. The molecule has 3 atom stereocenters. The number of benzene rings is 2. The number of nitrogens with zero attached hydrogens (tertiary/aromatic N) is 2. The summed E-state index contributed by atoms with van der Waals surface area (Å²) in [6.45, 7) is 2.15. The molecule has 3 heterocycles. The lowest BCUT2D eigenvalue weighted by molar-refractivity contribution is 0.0272. The number of carbonyl (C=O) groups is 1. The van der Waals surface area contributed by atoms with Gasteiger partial charge in [0, 0.05) is 42.9 Å². The van der Waals surface area contributed by atoms with Crippen molar-refractivity contribution in [2.45, 2.75) is 18.4 Å². The third-order valence-electron chi connectivity index (χ3n) is 6.11. The Morgan fingerprint density at radius 1 is 1.10 bits per heavy atom. The Hall–Kier alpha value is -3.12. The van der Waals surface area contributed by atoms with Crippen molar-refractivity contribution in [1.29, 1.82) is 0 Å². The first-order chi connectivity index (χ1) is 14.3. The number of aromatic nitrogens is 2. The Kier molecular flexibility index (Phi) is 4.77. The van der Waals surface area contributed by atoms with Gasteiger partial charge in [-0.15, -0.1) is 0 Å². The number of aromatic amines is 1. The number of carbonyl (C=O) groups excluding carboxylic acids is 1. The summed E-state index contributed by atoms with van der Waals surface area (Å²) in [4.78, 5) is 15.1. The van der Waals surface area contributed by atoms with E-state index in [9.17, 15) is 4.79 Å². The van der Waals surface area contributed by atoms with E-state index in [0.29, 0.717) is 25.0 Å². The molecule has 2 N–H and O–H groups in total. The average molecular weight is 388 g/mol. The van der Waals surface area contributed by atoms with Gasteiger partial charge in [0.2, 0.25) is 0 Å². The van der Waals surface area contributed by atoms with E-state index >= 15 is 0 Å². The predicted molar refractivity (Wildman–Crippen MR) is 112 cm³/mol. The topological polar surface area (TPSA) is 70.2 Å². The van der Waals surface area contributed by atoms with Crippen molar-refractivity contribution < 1.29 is 9.53 Å². The van der Waals surface area contributed by atoms with E-state index in [1.807, 2.05) is 41.3 Å². The molecule has 6 nitrogen and oxygen atoms in total. The van der Waals surface area contributed by atoms with Crippen LogP contribution in [0.2, 0.25) is 0 Å². The van der Waals surface area contributed by atoms with Gasteiger partial charge in [-0.1, -0.05) is 42.5 Å². The summed E-state index contributed by atoms with van der Waals surface area (Å²) < 4.78 is 5.76. The molecule has 2 aromatic carbocycles. The van der Waals surface area contributed by atoms with E-state index in [-0.39, 0.29) is 12.1 Å². The van der Waals surface area contributed by atoms with Crippen molar-refractivity contribution in [2.24, 2.45) is 5.92 Å². The van der Waals surface area contributed by atoms with E-state index < -0.39 is 0 Å². The molecule has 0 saturated carbocycles. The van der Waals surface area contributed by atoms with Crippen LogP contribution < -0.4 is 5.32 Å². The molecule has 0 aliphatic carbocycles. The van der Waals surface area contributed by atoms with Gasteiger partial charge in [-0.3, -0.25) is 5.10 Å². The number of likely N-dealkylation sites (tertiary alicyclic amines) is 1. The SMILES string of the molecule is O=C(Nc1ccc(-c2ccn[nH]2)cc1)N1CC(c2ccccc2)C2COCCC21. The molecule has 0 radical (unpaired) electrons. The Bertz CT molecular complexity index is 956. The quantitative estimate of drug-likeness (QED) is 0.709. The zero-order valence-corrected chi connectivity index (χ0v) is 16.1. The number of nitrogens with one attached hydrogen (secondary N) is 2. The molecule has 29 heavy (non-hydrogen) atoms. The summed E-state index contributed by atoms with van der Waals surface area (Å²) >= 11 is 0. The predicted octanol–water partition coefficient (Wildman–Crippen LogP) is 4.11. The van der Waals surface area contributed by atoms with Crippen LogP contribution in [0.4, 0.5) is 10.5 Å². The Morgan fingerprint density at radius 2 is 1.93 bits per heavy atom. The average Bonchev–Trinajstić information content (AvgIpc) is 3.43. The Balaban J connectivity index is 1.32. The van der Waals surface area contributed by atoms with Crippen LogP contribution in [0.5, 0.6) is 0 Å². The maximum Gasteiger partial charge on any atom is 0.322 e. The molecule has 1 aromatic heterocycles. The van der Waals surface area contributed by atoms with Crippen LogP contribution in [-0.4, -0.2) is 46.9 Å². The molecule has 3 aromatic rings. The molecule has 0 spiro atoms. The van der Waals surface area contributed by atoms with Gasteiger partial charge in [0.1, 0.15) is 0 Å². The third-order valence-corrected chi connectivity index (χ3v) is 6.11. The standard InChI is InChI=1S/C23H24N4O2/c28-23(25-18-8-6-17(7-9-18)21-10-12-24-26-21)27-14-19(16-4-2-1-3-5-16)20-15-29-13-11-22(20)27/h1-10,12,19-20,22H,11,13-15H2,(H,24,26)(H,25,28). The molecule has 0 bridgehead atoms. The molecule has 2 aliphatic heterocycles. The summed E-state index contributed by atoms with van der Waals surface area (Å²) in [5.41, 5.74) is 4.07. The van der Waals surface area contributed by atoms with Crippen LogP contribution in [-0.2, 0) is 4.74 Å². The molecule has 148 valence electrons. The second kappa shape index (κ2) is 7.72. The van der Waals surface area contributed by atoms with Crippen molar-refractivity contribution in [1.82, 2.24) is 15.1 Å². The summed E-state index contributed by atoms with van der Waals surface area (Å²) in [6.07, 6.45) is 2.62. The fraction of sp³-hybridized carbons (Fsp3) is 0.304. The highest BCUT2D eigenvalue weighted by Crippen LogP contribution is 2.41. The lowest BCUT2D eigenvalue weighted by Gasteiger charge is -2.32. The lowest BCUT2D eigenvalue weighted by atomic mass is 9.84. The summed E-state index contributed by atoms with van der Waals surface area (Å²) in [7, 11) is 0.